The summed E-state index contributed by atoms with van der Waals surface area (Å²) in [7, 11) is -2.72. The van der Waals surface area contributed by atoms with Crippen molar-refractivity contribution in [3.8, 4) is 0 Å². The Morgan fingerprint density at radius 3 is 2.29 bits per heavy atom. The minimum Gasteiger partial charge on any atom is -0.261 e. The van der Waals surface area contributed by atoms with Gasteiger partial charge in [0.05, 0.1) is 17.7 Å². The van der Waals surface area contributed by atoms with E-state index in [0.29, 0.717) is 22.8 Å². The Hall–Kier alpha value is -1.05. The lowest BCUT2D eigenvalue weighted by molar-refractivity contribution is -0.242. The SMILES string of the molecule is O=S1(=O)CC2(CN(N3CC4(CC(Cc5cncc(F)c5)C4)C3)C2)C1. The molecule has 2 spiro atoms. The lowest BCUT2D eigenvalue weighted by Crippen LogP contribution is -2.77. The third kappa shape index (κ3) is 2.40. The molecule has 0 atom stereocenters. The third-order valence-electron chi connectivity index (χ3n) is 6.25. The molecule has 4 fully saturated rings. The average molecular weight is 351 g/mol. The van der Waals surface area contributed by atoms with Crippen molar-refractivity contribution in [1.29, 1.82) is 0 Å². The van der Waals surface area contributed by atoms with Crippen molar-refractivity contribution < 1.29 is 12.8 Å². The zero-order valence-corrected chi connectivity index (χ0v) is 14.4. The summed E-state index contributed by atoms with van der Waals surface area (Å²) >= 11 is 0. The fourth-order valence-electron chi connectivity index (χ4n) is 5.40. The molecule has 24 heavy (non-hydrogen) atoms. The lowest BCUT2D eigenvalue weighted by atomic mass is 9.57. The van der Waals surface area contributed by atoms with Crippen LogP contribution in [0.25, 0.3) is 0 Å². The van der Waals surface area contributed by atoms with Crippen LogP contribution in [0.2, 0.25) is 0 Å². The fourth-order valence-corrected chi connectivity index (χ4v) is 7.54. The number of rotatable bonds is 3. The van der Waals surface area contributed by atoms with Gasteiger partial charge < -0.3 is 0 Å². The van der Waals surface area contributed by atoms with Crippen molar-refractivity contribution in [2.75, 3.05) is 37.7 Å². The highest BCUT2D eigenvalue weighted by atomic mass is 32.2. The van der Waals surface area contributed by atoms with Crippen molar-refractivity contribution >= 4 is 9.84 Å². The van der Waals surface area contributed by atoms with E-state index in [9.17, 15) is 12.8 Å². The fraction of sp³-hybridized carbons (Fsp3) is 0.706. The number of aromatic nitrogens is 1. The van der Waals surface area contributed by atoms with Crippen LogP contribution in [0.1, 0.15) is 18.4 Å². The van der Waals surface area contributed by atoms with Gasteiger partial charge in [0.1, 0.15) is 5.82 Å². The molecule has 1 saturated carbocycles. The first-order valence-electron chi connectivity index (χ1n) is 8.64. The smallest absolute Gasteiger partial charge is 0.151 e. The molecule has 130 valence electrons. The van der Waals surface area contributed by atoms with Gasteiger partial charge in [0.15, 0.2) is 9.84 Å². The van der Waals surface area contributed by atoms with E-state index in [1.165, 1.54) is 19.0 Å². The second-order valence-electron chi connectivity index (χ2n) is 8.67. The number of hydrogen-bond acceptors (Lipinski definition) is 5. The molecule has 0 bridgehead atoms. The minimum absolute atomic E-state index is 0.0775. The van der Waals surface area contributed by atoms with Gasteiger partial charge in [-0.2, -0.15) is 0 Å². The lowest BCUT2D eigenvalue weighted by Gasteiger charge is -2.67. The highest BCUT2D eigenvalue weighted by Crippen LogP contribution is 2.55. The normalized spacial score (nSPS) is 30.4. The number of hydrogen-bond donors (Lipinski definition) is 0. The number of halogens is 1. The third-order valence-corrected chi connectivity index (χ3v) is 8.36. The molecule has 0 radical (unpaired) electrons. The van der Waals surface area contributed by atoms with Gasteiger partial charge in [-0.05, 0) is 42.2 Å². The summed E-state index contributed by atoms with van der Waals surface area (Å²) in [6.45, 7) is 4.04. The Kier molecular flexibility index (Phi) is 3.02. The van der Waals surface area contributed by atoms with Crippen molar-refractivity contribution in [1.82, 2.24) is 15.0 Å². The highest BCUT2D eigenvalue weighted by molar-refractivity contribution is 7.92. The maximum atomic E-state index is 13.2. The summed E-state index contributed by atoms with van der Waals surface area (Å²) in [5, 5.41) is 4.74. The van der Waals surface area contributed by atoms with Gasteiger partial charge in [0.2, 0.25) is 0 Å². The van der Waals surface area contributed by atoms with E-state index in [4.69, 9.17) is 0 Å². The number of sulfone groups is 1. The van der Waals surface area contributed by atoms with Gasteiger partial charge in [0.25, 0.3) is 0 Å². The quantitative estimate of drug-likeness (QED) is 0.817. The van der Waals surface area contributed by atoms with Crippen molar-refractivity contribution in [3.05, 3.63) is 29.8 Å². The molecule has 4 aliphatic rings. The van der Waals surface area contributed by atoms with E-state index in [1.807, 2.05) is 0 Å². The first-order chi connectivity index (χ1) is 11.3. The van der Waals surface area contributed by atoms with Gasteiger partial charge in [-0.3, -0.25) is 4.98 Å². The van der Waals surface area contributed by atoms with Crippen LogP contribution in [0.15, 0.2) is 18.5 Å². The van der Waals surface area contributed by atoms with E-state index in [-0.39, 0.29) is 11.2 Å². The molecule has 3 saturated heterocycles. The molecule has 1 aromatic rings. The zero-order valence-electron chi connectivity index (χ0n) is 13.6. The first kappa shape index (κ1) is 15.2. The summed E-state index contributed by atoms with van der Waals surface area (Å²) in [6.07, 6.45) is 6.38. The van der Waals surface area contributed by atoms with Crippen LogP contribution in [0, 0.1) is 22.6 Å². The van der Waals surface area contributed by atoms with Crippen LogP contribution in [-0.4, -0.2) is 61.1 Å². The van der Waals surface area contributed by atoms with Crippen LogP contribution in [-0.2, 0) is 16.3 Å². The van der Waals surface area contributed by atoms with Gasteiger partial charge in [0, 0.05) is 37.8 Å². The molecule has 7 heteroatoms. The highest BCUT2D eigenvalue weighted by Gasteiger charge is 2.61. The molecule has 4 heterocycles. The Labute approximate surface area is 141 Å². The monoisotopic (exact) mass is 351 g/mol. The molecule has 1 aromatic heterocycles. The Morgan fingerprint density at radius 2 is 1.71 bits per heavy atom. The van der Waals surface area contributed by atoms with Crippen LogP contribution in [0.5, 0.6) is 0 Å². The second-order valence-corrected chi connectivity index (χ2v) is 10.7. The predicted molar refractivity (Wildman–Crippen MR) is 87.3 cm³/mol. The van der Waals surface area contributed by atoms with Gasteiger partial charge in [-0.25, -0.2) is 22.8 Å². The van der Waals surface area contributed by atoms with Crippen molar-refractivity contribution in [2.45, 2.75) is 19.3 Å². The summed E-state index contributed by atoms with van der Waals surface area (Å²) in [4.78, 5) is 3.92. The minimum atomic E-state index is -2.72. The summed E-state index contributed by atoms with van der Waals surface area (Å²) in [6, 6.07) is 1.59. The molecule has 0 N–H and O–H groups in total. The van der Waals surface area contributed by atoms with Crippen LogP contribution in [0.3, 0.4) is 0 Å². The molecule has 5 rings (SSSR count). The Bertz CT molecular complexity index is 763. The molecule has 0 unspecified atom stereocenters. The van der Waals surface area contributed by atoms with Crippen LogP contribution in [0.4, 0.5) is 4.39 Å². The standard InChI is InChI=1S/C17H22FN3O2S/c18-15-2-13(5-19-6-15)1-14-3-16(4-14)7-20(8-16)21-9-17(10-21)11-24(22,23)12-17/h2,5-6,14H,1,3-4,7-12H2. The number of pyridine rings is 1. The van der Waals surface area contributed by atoms with Crippen molar-refractivity contribution in [3.63, 3.8) is 0 Å². The van der Waals surface area contributed by atoms with E-state index in [1.54, 1.807) is 12.3 Å². The molecule has 1 aliphatic carbocycles. The Morgan fingerprint density at radius 1 is 1.08 bits per heavy atom. The van der Waals surface area contributed by atoms with Crippen molar-refractivity contribution in [2.24, 2.45) is 16.7 Å². The molecule has 0 amide bonds. The van der Waals surface area contributed by atoms with Gasteiger partial charge >= 0.3 is 0 Å². The predicted octanol–water partition coefficient (Wildman–Crippen LogP) is 1.12. The molecule has 5 nitrogen and oxygen atoms in total. The van der Waals surface area contributed by atoms with E-state index in [2.05, 4.69) is 15.0 Å². The van der Waals surface area contributed by atoms with Crippen LogP contribution >= 0.6 is 0 Å². The number of hydrazine groups is 1. The second kappa shape index (κ2) is 4.77. The summed E-state index contributed by atoms with van der Waals surface area (Å²) < 4.78 is 35.9. The summed E-state index contributed by atoms with van der Waals surface area (Å²) in [5.74, 6) is 1.18. The molecular formula is C17H22FN3O2S. The Balaban J connectivity index is 1.08. The maximum absolute atomic E-state index is 13.2. The largest absolute Gasteiger partial charge is 0.261 e. The first-order valence-corrected chi connectivity index (χ1v) is 10.5. The summed E-state index contributed by atoms with van der Waals surface area (Å²) in [5.41, 5.74) is 1.54. The topological polar surface area (TPSA) is 53.5 Å². The maximum Gasteiger partial charge on any atom is 0.151 e. The average Bonchev–Trinajstić information content (AvgIpc) is 2.34. The van der Waals surface area contributed by atoms with E-state index >= 15 is 0 Å². The molecule has 0 aromatic carbocycles. The van der Waals surface area contributed by atoms with E-state index in [0.717, 1.165) is 38.2 Å². The number of nitrogens with zero attached hydrogens (tertiary/aromatic N) is 3. The zero-order chi connectivity index (χ0) is 16.6. The van der Waals surface area contributed by atoms with Gasteiger partial charge in [-0.15, -0.1) is 0 Å². The molecular weight excluding hydrogens is 329 g/mol. The van der Waals surface area contributed by atoms with Gasteiger partial charge in [-0.1, -0.05) is 0 Å². The van der Waals surface area contributed by atoms with E-state index < -0.39 is 9.84 Å². The van der Waals surface area contributed by atoms with Crippen LogP contribution < -0.4 is 0 Å². The molecule has 3 aliphatic heterocycles.